The van der Waals surface area contributed by atoms with E-state index in [2.05, 4.69) is 66.3 Å². The van der Waals surface area contributed by atoms with Gasteiger partial charge in [0.1, 0.15) is 0 Å². The quantitative estimate of drug-likeness (QED) is 0.679. The molecule has 2 rings (SSSR count). The predicted octanol–water partition coefficient (Wildman–Crippen LogP) is 6.14. The van der Waals surface area contributed by atoms with Crippen molar-refractivity contribution in [1.82, 2.24) is 5.32 Å². The van der Waals surface area contributed by atoms with Crippen LogP contribution < -0.4 is 5.32 Å². The molecule has 0 radical (unpaired) electrons. The molecule has 0 aromatic heterocycles. The van der Waals surface area contributed by atoms with Gasteiger partial charge in [-0.1, -0.05) is 35.5 Å². The molecule has 0 fully saturated rings. The van der Waals surface area contributed by atoms with E-state index in [-0.39, 0.29) is 5.54 Å². The summed E-state index contributed by atoms with van der Waals surface area (Å²) in [5.41, 5.74) is 1.40. The van der Waals surface area contributed by atoms with Gasteiger partial charge in [0.2, 0.25) is 0 Å². The van der Waals surface area contributed by atoms with Gasteiger partial charge in [-0.15, -0.1) is 0 Å². The first kappa shape index (κ1) is 16.9. The molecule has 0 spiro atoms. The Bertz CT molecular complexity index is 622. The zero-order valence-electron chi connectivity index (χ0n) is 12.4. The standard InChI is InChI=1S/C17H19BrClNS/c1-17(2,3)20-11-12-7-8-16(15(18)9-12)21-14-6-4-5-13(19)10-14/h4-10,20H,11H2,1-3H3. The van der Waals surface area contributed by atoms with Crippen molar-refractivity contribution in [3.05, 3.63) is 57.5 Å². The van der Waals surface area contributed by atoms with Gasteiger partial charge in [-0.2, -0.15) is 0 Å². The van der Waals surface area contributed by atoms with Crippen LogP contribution in [-0.4, -0.2) is 5.54 Å². The monoisotopic (exact) mass is 383 g/mol. The minimum Gasteiger partial charge on any atom is -0.308 e. The number of nitrogens with one attached hydrogen (secondary N) is 1. The molecule has 0 saturated carbocycles. The molecule has 0 saturated heterocycles. The van der Waals surface area contributed by atoms with Gasteiger partial charge >= 0.3 is 0 Å². The van der Waals surface area contributed by atoms with Crippen molar-refractivity contribution in [2.45, 2.75) is 42.6 Å². The molecule has 0 bridgehead atoms. The fraction of sp³-hybridized carbons (Fsp3) is 0.294. The summed E-state index contributed by atoms with van der Waals surface area (Å²) in [6, 6.07) is 14.4. The summed E-state index contributed by atoms with van der Waals surface area (Å²) in [6.07, 6.45) is 0. The van der Waals surface area contributed by atoms with E-state index in [1.807, 2.05) is 18.2 Å². The normalized spacial score (nSPS) is 11.7. The van der Waals surface area contributed by atoms with E-state index < -0.39 is 0 Å². The summed E-state index contributed by atoms with van der Waals surface area (Å²) in [5, 5.41) is 4.26. The Kier molecular flexibility index (Phi) is 5.78. The summed E-state index contributed by atoms with van der Waals surface area (Å²) in [5.74, 6) is 0. The van der Waals surface area contributed by atoms with Crippen molar-refractivity contribution in [2.75, 3.05) is 0 Å². The average molecular weight is 385 g/mol. The zero-order valence-corrected chi connectivity index (χ0v) is 15.6. The van der Waals surface area contributed by atoms with Gasteiger partial charge in [-0.3, -0.25) is 0 Å². The van der Waals surface area contributed by atoms with Gasteiger partial charge in [-0.25, -0.2) is 0 Å². The van der Waals surface area contributed by atoms with Crippen LogP contribution in [0.15, 0.2) is 56.7 Å². The molecule has 0 aliphatic heterocycles. The Hall–Kier alpha value is -0.480. The maximum atomic E-state index is 6.03. The van der Waals surface area contributed by atoms with Crippen LogP contribution in [0, 0.1) is 0 Å². The first-order valence-electron chi connectivity index (χ1n) is 6.80. The lowest BCUT2D eigenvalue weighted by Crippen LogP contribution is -2.35. The zero-order chi connectivity index (χ0) is 15.5. The Morgan fingerprint density at radius 2 is 1.90 bits per heavy atom. The number of rotatable bonds is 4. The van der Waals surface area contributed by atoms with E-state index in [9.17, 15) is 0 Å². The van der Waals surface area contributed by atoms with Crippen LogP contribution in [0.1, 0.15) is 26.3 Å². The van der Waals surface area contributed by atoms with Crippen LogP contribution >= 0.6 is 39.3 Å². The van der Waals surface area contributed by atoms with Crippen LogP contribution in [0.2, 0.25) is 5.02 Å². The molecule has 2 aromatic carbocycles. The Morgan fingerprint density at radius 1 is 1.14 bits per heavy atom. The van der Waals surface area contributed by atoms with Crippen LogP contribution in [-0.2, 0) is 6.54 Å². The molecule has 1 nitrogen and oxygen atoms in total. The number of hydrogen-bond acceptors (Lipinski definition) is 2. The minimum absolute atomic E-state index is 0.126. The highest BCUT2D eigenvalue weighted by molar-refractivity contribution is 9.10. The van der Waals surface area contributed by atoms with Crippen molar-refractivity contribution in [1.29, 1.82) is 0 Å². The molecular formula is C17H19BrClNS. The van der Waals surface area contributed by atoms with Crippen molar-refractivity contribution >= 4 is 39.3 Å². The van der Waals surface area contributed by atoms with Crippen LogP contribution in [0.3, 0.4) is 0 Å². The summed E-state index contributed by atoms with van der Waals surface area (Å²) >= 11 is 11.4. The van der Waals surface area contributed by atoms with Crippen molar-refractivity contribution in [3.8, 4) is 0 Å². The highest BCUT2D eigenvalue weighted by Gasteiger charge is 2.09. The third-order valence-electron chi connectivity index (χ3n) is 2.84. The lowest BCUT2D eigenvalue weighted by Gasteiger charge is -2.20. The molecule has 0 aliphatic carbocycles. The Balaban J connectivity index is 2.09. The van der Waals surface area contributed by atoms with E-state index in [1.165, 1.54) is 10.5 Å². The van der Waals surface area contributed by atoms with Gasteiger partial charge < -0.3 is 5.32 Å². The van der Waals surface area contributed by atoms with Gasteiger partial charge in [0.15, 0.2) is 0 Å². The summed E-state index contributed by atoms with van der Waals surface area (Å²) in [4.78, 5) is 2.33. The molecule has 4 heteroatoms. The van der Waals surface area contributed by atoms with E-state index in [0.717, 1.165) is 20.9 Å². The van der Waals surface area contributed by atoms with Crippen LogP contribution in [0.5, 0.6) is 0 Å². The summed E-state index contributed by atoms with van der Waals surface area (Å²) < 4.78 is 1.11. The van der Waals surface area contributed by atoms with Crippen LogP contribution in [0.25, 0.3) is 0 Å². The SMILES string of the molecule is CC(C)(C)NCc1ccc(Sc2cccc(Cl)c2)c(Br)c1. The lowest BCUT2D eigenvalue weighted by molar-refractivity contribution is 0.424. The second-order valence-electron chi connectivity index (χ2n) is 5.93. The first-order chi connectivity index (χ1) is 9.83. The molecule has 0 aliphatic rings. The number of halogens is 2. The van der Waals surface area contributed by atoms with E-state index in [4.69, 9.17) is 11.6 Å². The average Bonchev–Trinajstić information content (AvgIpc) is 2.38. The van der Waals surface area contributed by atoms with E-state index in [0.29, 0.717) is 0 Å². The van der Waals surface area contributed by atoms with Crippen LogP contribution in [0.4, 0.5) is 0 Å². The third kappa shape index (κ3) is 5.67. The topological polar surface area (TPSA) is 12.0 Å². The molecule has 2 aromatic rings. The summed E-state index contributed by atoms with van der Waals surface area (Å²) in [7, 11) is 0. The first-order valence-corrected chi connectivity index (χ1v) is 8.79. The number of benzene rings is 2. The van der Waals surface area contributed by atoms with Gasteiger partial charge in [0.25, 0.3) is 0 Å². The molecule has 112 valence electrons. The Labute approximate surface area is 144 Å². The largest absolute Gasteiger partial charge is 0.308 e. The molecular weight excluding hydrogens is 366 g/mol. The highest BCUT2D eigenvalue weighted by atomic mass is 79.9. The van der Waals surface area contributed by atoms with Crippen molar-refractivity contribution in [2.24, 2.45) is 0 Å². The molecule has 1 N–H and O–H groups in total. The second-order valence-corrected chi connectivity index (χ2v) is 8.33. The molecule has 0 unspecified atom stereocenters. The summed E-state index contributed by atoms with van der Waals surface area (Å²) in [6.45, 7) is 7.38. The fourth-order valence-electron chi connectivity index (χ4n) is 1.76. The number of hydrogen-bond donors (Lipinski definition) is 1. The van der Waals surface area contributed by atoms with Crippen molar-refractivity contribution < 1.29 is 0 Å². The fourth-order valence-corrected chi connectivity index (χ4v) is 3.56. The highest BCUT2D eigenvalue weighted by Crippen LogP contribution is 2.35. The molecule has 0 atom stereocenters. The second kappa shape index (κ2) is 7.19. The lowest BCUT2D eigenvalue weighted by atomic mass is 10.1. The van der Waals surface area contributed by atoms with E-state index >= 15 is 0 Å². The maximum Gasteiger partial charge on any atom is 0.0417 e. The van der Waals surface area contributed by atoms with Crippen molar-refractivity contribution in [3.63, 3.8) is 0 Å². The maximum absolute atomic E-state index is 6.03. The van der Waals surface area contributed by atoms with Gasteiger partial charge in [-0.05, 0) is 72.6 Å². The van der Waals surface area contributed by atoms with E-state index in [1.54, 1.807) is 11.8 Å². The molecule has 0 heterocycles. The smallest absolute Gasteiger partial charge is 0.0417 e. The Morgan fingerprint density at radius 3 is 2.52 bits per heavy atom. The molecule has 0 amide bonds. The molecule has 21 heavy (non-hydrogen) atoms. The predicted molar refractivity (Wildman–Crippen MR) is 96.3 cm³/mol. The van der Waals surface area contributed by atoms with Gasteiger partial charge in [0, 0.05) is 31.4 Å². The third-order valence-corrected chi connectivity index (χ3v) is 5.06. The van der Waals surface area contributed by atoms with Gasteiger partial charge in [0.05, 0.1) is 0 Å². The minimum atomic E-state index is 0.126.